The highest BCUT2D eigenvalue weighted by Crippen LogP contribution is 2.21. The third kappa shape index (κ3) is 1.61. The standard InChI is InChI=1S/C10H9NO.H3N/c12-11-10-7-3-5-8-4-1-2-6-9(8)10;/h1-7,11-12H;1H3. The maximum atomic E-state index is 8.79. The van der Waals surface area contributed by atoms with Gasteiger partial charge in [0, 0.05) is 5.39 Å². The van der Waals surface area contributed by atoms with Crippen LogP contribution in [-0.4, -0.2) is 5.21 Å². The second kappa shape index (κ2) is 3.89. The summed E-state index contributed by atoms with van der Waals surface area (Å²) in [6, 6.07) is 13.6. The molecule has 13 heavy (non-hydrogen) atoms. The van der Waals surface area contributed by atoms with Crippen LogP contribution < -0.4 is 11.6 Å². The number of benzene rings is 2. The van der Waals surface area contributed by atoms with Gasteiger partial charge < -0.3 is 6.15 Å². The quantitative estimate of drug-likeness (QED) is 0.585. The summed E-state index contributed by atoms with van der Waals surface area (Å²) < 4.78 is 0. The van der Waals surface area contributed by atoms with E-state index in [1.54, 1.807) is 0 Å². The van der Waals surface area contributed by atoms with Crippen LogP contribution in [0.15, 0.2) is 42.5 Å². The second-order valence-electron chi connectivity index (χ2n) is 2.64. The Kier molecular flexibility index (Phi) is 2.84. The summed E-state index contributed by atoms with van der Waals surface area (Å²) >= 11 is 0. The van der Waals surface area contributed by atoms with E-state index in [2.05, 4.69) is 5.48 Å². The van der Waals surface area contributed by atoms with Crippen molar-refractivity contribution in [3.05, 3.63) is 42.5 Å². The van der Waals surface area contributed by atoms with Crippen LogP contribution in [0.2, 0.25) is 0 Å². The molecule has 0 fully saturated rings. The van der Waals surface area contributed by atoms with E-state index in [0.717, 1.165) is 16.5 Å². The fourth-order valence-corrected chi connectivity index (χ4v) is 1.32. The van der Waals surface area contributed by atoms with Crippen molar-refractivity contribution in [2.75, 3.05) is 5.48 Å². The highest BCUT2D eigenvalue weighted by Gasteiger charge is 1.96. The van der Waals surface area contributed by atoms with Crippen molar-refractivity contribution in [3.8, 4) is 0 Å². The fourth-order valence-electron chi connectivity index (χ4n) is 1.32. The maximum Gasteiger partial charge on any atom is 0.0680 e. The first-order chi connectivity index (χ1) is 5.92. The molecule has 0 saturated heterocycles. The average Bonchev–Trinajstić information content (AvgIpc) is 2.17. The van der Waals surface area contributed by atoms with Gasteiger partial charge in [-0.25, -0.2) is 0 Å². The van der Waals surface area contributed by atoms with E-state index in [0.29, 0.717) is 0 Å². The first-order valence-corrected chi connectivity index (χ1v) is 3.79. The average molecular weight is 176 g/mol. The molecule has 0 saturated carbocycles. The summed E-state index contributed by atoms with van der Waals surface area (Å²) in [5.74, 6) is 0. The van der Waals surface area contributed by atoms with E-state index in [9.17, 15) is 0 Å². The predicted molar refractivity (Wildman–Crippen MR) is 54.4 cm³/mol. The minimum atomic E-state index is 0. The monoisotopic (exact) mass is 176 g/mol. The third-order valence-electron chi connectivity index (χ3n) is 1.91. The Labute approximate surface area is 76.5 Å². The van der Waals surface area contributed by atoms with Crippen molar-refractivity contribution < 1.29 is 5.21 Å². The molecule has 2 aromatic carbocycles. The molecule has 2 aromatic rings. The lowest BCUT2D eigenvalue weighted by Gasteiger charge is -2.02. The molecule has 0 aliphatic carbocycles. The molecule has 0 radical (unpaired) electrons. The number of rotatable bonds is 1. The Morgan fingerprint density at radius 3 is 2.38 bits per heavy atom. The largest absolute Gasteiger partial charge is 0.344 e. The Balaban J connectivity index is 0.000000845. The Morgan fingerprint density at radius 2 is 1.62 bits per heavy atom. The number of hydrogen-bond acceptors (Lipinski definition) is 3. The van der Waals surface area contributed by atoms with Gasteiger partial charge in [-0.15, -0.1) is 0 Å². The molecule has 0 amide bonds. The molecule has 2 rings (SSSR count). The molecule has 3 heteroatoms. The van der Waals surface area contributed by atoms with Crippen molar-refractivity contribution in [2.45, 2.75) is 0 Å². The van der Waals surface area contributed by atoms with Crippen LogP contribution in [0.4, 0.5) is 5.69 Å². The zero-order valence-corrected chi connectivity index (χ0v) is 7.20. The van der Waals surface area contributed by atoms with Gasteiger partial charge in [0.1, 0.15) is 0 Å². The molecule has 0 aromatic heterocycles. The van der Waals surface area contributed by atoms with Gasteiger partial charge in [0.25, 0.3) is 0 Å². The Bertz CT molecular complexity index is 396. The summed E-state index contributed by atoms with van der Waals surface area (Å²) in [5.41, 5.74) is 2.91. The lowest BCUT2D eigenvalue weighted by atomic mass is 10.1. The fraction of sp³-hybridized carbons (Fsp3) is 0. The van der Waals surface area contributed by atoms with E-state index in [-0.39, 0.29) is 6.15 Å². The Morgan fingerprint density at radius 1 is 0.923 bits per heavy atom. The van der Waals surface area contributed by atoms with Crippen LogP contribution in [0.1, 0.15) is 0 Å². The normalized spacial score (nSPS) is 9.31. The lowest BCUT2D eigenvalue weighted by Crippen LogP contribution is -1.89. The van der Waals surface area contributed by atoms with Crippen molar-refractivity contribution in [1.29, 1.82) is 0 Å². The molecule has 0 aliphatic rings. The molecule has 3 nitrogen and oxygen atoms in total. The number of nitrogens with one attached hydrogen (secondary N) is 1. The van der Waals surface area contributed by atoms with Gasteiger partial charge in [0.2, 0.25) is 0 Å². The predicted octanol–water partition coefficient (Wildman–Crippen LogP) is 2.80. The van der Waals surface area contributed by atoms with Gasteiger partial charge in [-0.05, 0) is 11.5 Å². The first kappa shape index (κ1) is 9.51. The zero-order chi connectivity index (χ0) is 8.39. The second-order valence-corrected chi connectivity index (χ2v) is 2.64. The number of hydrogen-bond donors (Lipinski definition) is 3. The van der Waals surface area contributed by atoms with Crippen molar-refractivity contribution in [2.24, 2.45) is 0 Å². The van der Waals surface area contributed by atoms with Crippen molar-refractivity contribution >= 4 is 16.5 Å². The first-order valence-electron chi connectivity index (χ1n) is 3.79. The summed E-state index contributed by atoms with van der Waals surface area (Å²) in [6.07, 6.45) is 0. The molecule has 0 unspecified atom stereocenters. The molecule has 0 aliphatic heterocycles. The summed E-state index contributed by atoms with van der Waals surface area (Å²) in [4.78, 5) is 0. The zero-order valence-electron chi connectivity index (χ0n) is 7.20. The van der Waals surface area contributed by atoms with Gasteiger partial charge >= 0.3 is 0 Å². The van der Waals surface area contributed by atoms with Crippen molar-refractivity contribution in [1.82, 2.24) is 6.15 Å². The van der Waals surface area contributed by atoms with E-state index < -0.39 is 0 Å². The maximum absolute atomic E-state index is 8.79. The van der Waals surface area contributed by atoms with E-state index >= 15 is 0 Å². The minimum Gasteiger partial charge on any atom is -0.344 e. The molecule has 0 atom stereocenters. The summed E-state index contributed by atoms with van der Waals surface area (Å²) in [7, 11) is 0. The Hall–Kier alpha value is -1.58. The van der Waals surface area contributed by atoms with Crippen LogP contribution in [-0.2, 0) is 0 Å². The topological polar surface area (TPSA) is 67.3 Å². The van der Waals surface area contributed by atoms with Crippen LogP contribution in [0.25, 0.3) is 10.8 Å². The van der Waals surface area contributed by atoms with Crippen molar-refractivity contribution in [3.63, 3.8) is 0 Å². The van der Waals surface area contributed by atoms with Gasteiger partial charge in [-0.2, -0.15) is 0 Å². The minimum absolute atomic E-state index is 0. The van der Waals surface area contributed by atoms with E-state index in [4.69, 9.17) is 5.21 Å². The highest BCUT2D eigenvalue weighted by molar-refractivity contribution is 5.93. The molecule has 68 valence electrons. The number of anilines is 1. The van der Waals surface area contributed by atoms with Crippen LogP contribution in [0.5, 0.6) is 0 Å². The molecule has 0 heterocycles. The van der Waals surface area contributed by atoms with Crippen LogP contribution in [0.3, 0.4) is 0 Å². The number of fused-ring (bicyclic) bond motifs is 1. The van der Waals surface area contributed by atoms with Gasteiger partial charge in [0.15, 0.2) is 0 Å². The van der Waals surface area contributed by atoms with Crippen LogP contribution in [0, 0.1) is 0 Å². The molecule has 0 spiro atoms. The van der Waals surface area contributed by atoms with Crippen LogP contribution >= 0.6 is 0 Å². The molecular formula is C10H12N2O. The molecular weight excluding hydrogens is 164 g/mol. The highest BCUT2D eigenvalue weighted by atomic mass is 16.5. The summed E-state index contributed by atoms with van der Waals surface area (Å²) in [5, 5.41) is 10.9. The molecule has 5 N–H and O–H groups in total. The van der Waals surface area contributed by atoms with E-state index in [1.165, 1.54) is 0 Å². The summed E-state index contributed by atoms with van der Waals surface area (Å²) in [6.45, 7) is 0. The lowest BCUT2D eigenvalue weighted by molar-refractivity contribution is 0.390. The van der Waals surface area contributed by atoms with Gasteiger partial charge in [-0.3, -0.25) is 10.7 Å². The third-order valence-corrected chi connectivity index (χ3v) is 1.91. The van der Waals surface area contributed by atoms with Gasteiger partial charge in [0.05, 0.1) is 5.69 Å². The smallest absolute Gasteiger partial charge is 0.0680 e. The van der Waals surface area contributed by atoms with E-state index in [1.807, 2.05) is 42.5 Å². The SMILES string of the molecule is N.ONc1cccc2ccccc12. The van der Waals surface area contributed by atoms with Gasteiger partial charge in [-0.1, -0.05) is 36.4 Å². The molecule has 0 bridgehead atoms.